The van der Waals surface area contributed by atoms with Crippen LogP contribution < -0.4 is 4.74 Å². The van der Waals surface area contributed by atoms with Crippen LogP contribution in [0.15, 0.2) is 30.4 Å². The molecule has 0 radical (unpaired) electrons. The fourth-order valence-electron chi connectivity index (χ4n) is 7.20. The van der Waals surface area contributed by atoms with E-state index in [9.17, 15) is 4.79 Å². The van der Waals surface area contributed by atoms with Crippen LogP contribution in [-0.2, 0) is 23.4 Å². The lowest BCUT2D eigenvalue weighted by molar-refractivity contribution is -0.450. The van der Waals surface area contributed by atoms with Gasteiger partial charge in [0.05, 0.1) is 13.2 Å². The second-order valence-electron chi connectivity index (χ2n) is 11.8. The van der Waals surface area contributed by atoms with Gasteiger partial charge in [-0.1, -0.05) is 39.8 Å². The zero-order chi connectivity index (χ0) is 29.7. The molecule has 0 N–H and O–H groups in total. The predicted molar refractivity (Wildman–Crippen MR) is 159 cm³/mol. The van der Waals surface area contributed by atoms with Gasteiger partial charge >= 0.3 is 0 Å². The molecular weight excluding hydrogens is 524 g/mol. The molecule has 1 aliphatic heterocycles. The first kappa shape index (κ1) is 31.1. The zero-order valence-corrected chi connectivity index (χ0v) is 27.1. The van der Waals surface area contributed by atoms with E-state index in [4.69, 9.17) is 28.1 Å². The molecule has 0 amide bonds. The number of benzene rings is 1. The Hall–Kier alpha value is -1.81. The first-order valence-corrected chi connectivity index (χ1v) is 17.1. The van der Waals surface area contributed by atoms with E-state index >= 15 is 0 Å². The van der Waals surface area contributed by atoms with Crippen LogP contribution in [0.3, 0.4) is 0 Å². The van der Waals surface area contributed by atoms with Crippen LogP contribution in [0.4, 0.5) is 0 Å². The largest absolute Gasteiger partial charge is 0.496 e. The molecule has 0 bridgehead atoms. The van der Waals surface area contributed by atoms with Gasteiger partial charge in [0, 0.05) is 42.9 Å². The molecule has 1 heterocycles. The monoisotopic (exact) mass is 572 g/mol. The van der Waals surface area contributed by atoms with Gasteiger partial charge in [-0.25, -0.2) is 0 Å². The molecule has 2 aliphatic carbocycles. The first-order chi connectivity index (χ1) is 18.9. The Bertz CT molecular complexity index is 1180. The van der Waals surface area contributed by atoms with Gasteiger partial charge in [0.1, 0.15) is 11.9 Å². The van der Waals surface area contributed by atoms with Gasteiger partial charge in [0.2, 0.25) is 11.6 Å². The summed E-state index contributed by atoms with van der Waals surface area (Å²) in [6, 6.07) is 7.09. The van der Waals surface area contributed by atoms with Crippen molar-refractivity contribution in [2.45, 2.75) is 96.8 Å². The maximum atomic E-state index is 14.5. The summed E-state index contributed by atoms with van der Waals surface area (Å²) in [5, 5.41) is 0. The van der Waals surface area contributed by atoms with Crippen molar-refractivity contribution in [2.75, 3.05) is 27.9 Å². The molecule has 1 saturated heterocycles. The van der Waals surface area contributed by atoms with E-state index in [1.54, 1.807) is 28.3 Å². The van der Waals surface area contributed by atoms with E-state index in [1.807, 2.05) is 32.1 Å². The summed E-state index contributed by atoms with van der Waals surface area (Å²) in [7, 11) is 2.83. The van der Waals surface area contributed by atoms with Crippen LogP contribution in [-0.4, -0.2) is 65.8 Å². The molecule has 40 heavy (non-hydrogen) atoms. The van der Waals surface area contributed by atoms with Crippen molar-refractivity contribution in [2.24, 2.45) is 11.3 Å². The van der Waals surface area contributed by atoms with Crippen LogP contribution in [0.2, 0.25) is 18.1 Å². The van der Waals surface area contributed by atoms with Crippen molar-refractivity contribution in [3.05, 3.63) is 47.1 Å². The Morgan fingerprint density at radius 1 is 1.02 bits per heavy atom. The number of ketones is 1. The third kappa shape index (κ3) is 4.29. The number of hydrogen-bond acceptors (Lipinski definition) is 7. The molecule has 1 aromatic carbocycles. The Morgan fingerprint density at radius 3 is 2.15 bits per heavy atom. The summed E-state index contributed by atoms with van der Waals surface area (Å²) < 4.78 is 38.0. The third-order valence-electron chi connectivity index (χ3n) is 10.5. The maximum Gasteiger partial charge on any atom is 0.220 e. The highest BCUT2D eigenvalue weighted by Crippen LogP contribution is 2.61. The zero-order valence-electron chi connectivity index (χ0n) is 26.1. The van der Waals surface area contributed by atoms with E-state index in [1.165, 1.54) is 0 Å². The maximum absolute atomic E-state index is 14.5. The lowest BCUT2D eigenvalue weighted by Crippen LogP contribution is -2.69. The van der Waals surface area contributed by atoms with E-state index < -0.39 is 37.5 Å². The number of hydrogen-bond donors (Lipinski definition) is 0. The number of allylic oxidation sites excluding steroid dienone is 1. The van der Waals surface area contributed by atoms with Gasteiger partial charge in [-0.3, -0.25) is 4.79 Å². The Balaban J connectivity index is 2.00. The predicted octanol–water partition coefficient (Wildman–Crippen LogP) is 6.70. The van der Waals surface area contributed by atoms with Crippen LogP contribution in [0.1, 0.15) is 69.4 Å². The van der Waals surface area contributed by atoms with E-state index in [2.05, 4.69) is 34.3 Å². The average Bonchev–Trinajstić information content (AvgIpc) is 3.27. The molecule has 6 atom stereocenters. The molecule has 222 valence electrons. The number of carbonyl (C=O) groups excluding carboxylic acids is 1. The summed E-state index contributed by atoms with van der Waals surface area (Å²) in [6.07, 6.45) is 1.46. The number of ether oxygens (including phenoxy) is 5. The summed E-state index contributed by atoms with van der Waals surface area (Å²) in [4.78, 5) is 14.5. The van der Waals surface area contributed by atoms with Crippen molar-refractivity contribution in [1.29, 1.82) is 0 Å². The summed E-state index contributed by atoms with van der Waals surface area (Å²) in [5.41, 5.74) is 3.47. The smallest absolute Gasteiger partial charge is 0.220 e. The molecule has 2 unspecified atom stereocenters. The second kappa shape index (κ2) is 11.1. The molecule has 8 heteroatoms. The van der Waals surface area contributed by atoms with Gasteiger partial charge in [-0.2, -0.15) is 0 Å². The van der Waals surface area contributed by atoms with Gasteiger partial charge < -0.3 is 28.1 Å². The lowest BCUT2D eigenvalue weighted by atomic mass is 9.59. The van der Waals surface area contributed by atoms with Crippen LogP contribution in [0, 0.1) is 18.3 Å². The van der Waals surface area contributed by atoms with Crippen LogP contribution in [0.5, 0.6) is 5.75 Å². The minimum atomic E-state index is -1.97. The highest BCUT2D eigenvalue weighted by molar-refractivity contribution is 6.73. The molecule has 3 aliphatic rings. The van der Waals surface area contributed by atoms with Gasteiger partial charge in [-0.15, -0.1) is 6.58 Å². The van der Waals surface area contributed by atoms with Gasteiger partial charge in [0.25, 0.3) is 0 Å². The molecule has 0 aromatic heterocycles. The van der Waals surface area contributed by atoms with Gasteiger partial charge in [-0.05, 0) is 68.4 Å². The Morgan fingerprint density at radius 2 is 1.62 bits per heavy atom. The van der Waals surface area contributed by atoms with Crippen molar-refractivity contribution < 1.29 is 32.9 Å². The van der Waals surface area contributed by atoms with Crippen molar-refractivity contribution >= 4 is 19.7 Å². The lowest BCUT2D eigenvalue weighted by Gasteiger charge is -2.58. The SMILES string of the molecule is C=CC[C@]1(CO[Si](CC)(CC)CC)C2=C(C(=O)c3c2ccc(OC)c3C)C2O[C@](C)(OC)[C@@](C)(OC)OC2[C@H]1C. The number of carbonyl (C=O) groups is 1. The van der Waals surface area contributed by atoms with Crippen LogP contribution in [0.25, 0.3) is 5.57 Å². The highest BCUT2D eigenvalue weighted by atomic mass is 28.4. The number of fused-ring (bicyclic) bond motifs is 4. The highest BCUT2D eigenvalue weighted by Gasteiger charge is 2.65. The van der Waals surface area contributed by atoms with Crippen molar-refractivity contribution in [1.82, 2.24) is 0 Å². The normalized spacial score (nSPS) is 33.5. The molecule has 0 saturated carbocycles. The fourth-order valence-corrected chi connectivity index (χ4v) is 9.88. The van der Waals surface area contributed by atoms with E-state index in [0.29, 0.717) is 29.9 Å². The fraction of sp³-hybridized carbons (Fsp3) is 0.656. The average molecular weight is 573 g/mol. The van der Waals surface area contributed by atoms with Crippen molar-refractivity contribution in [3.8, 4) is 5.75 Å². The van der Waals surface area contributed by atoms with E-state index in [0.717, 1.165) is 34.8 Å². The van der Waals surface area contributed by atoms with E-state index in [-0.39, 0.29) is 11.7 Å². The minimum Gasteiger partial charge on any atom is -0.496 e. The molecular formula is C32H48O7Si. The summed E-state index contributed by atoms with van der Waals surface area (Å²) in [6.45, 7) is 19.1. The molecule has 1 aromatic rings. The first-order valence-electron chi connectivity index (χ1n) is 14.6. The topological polar surface area (TPSA) is 72.5 Å². The number of rotatable bonds is 11. The van der Waals surface area contributed by atoms with Gasteiger partial charge in [0.15, 0.2) is 14.1 Å². The molecule has 1 fully saturated rings. The number of Topliss-reactive ketones (excluding diaryl/α,β-unsaturated/α-hetero) is 1. The summed E-state index contributed by atoms with van der Waals surface area (Å²) in [5.74, 6) is -1.90. The summed E-state index contributed by atoms with van der Waals surface area (Å²) >= 11 is 0. The number of methoxy groups -OCH3 is 3. The second-order valence-corrected chi connectivity index (χ2v) is 16.6. The Labute approximate surface area is 241 Å². The quantitative estimate of drug-likeness (QED) is 0.216. The third-order valence-corrected chi connectivity index (χ3v) is 15.1. The molecule has 7 nitrogen and oxygen atoms in total. The standard InChI is InChI=1S/C32H48O7Si/c1-12-18-32(19-37-40(13-2,14-3)15-4)21(6)28-29(39-31(8,36-11)30(7,35-10)38-28)25-26(32)22-16-17-23(34-9)20(5)24(22)27(25)33/h12,16-17,21,28-29H,1,13-15,18-19H2,2-11H3/t21-,28?,29?,30+,31+,32-/m1/s1. The Kier molecular flexibility index (Phi) is 8.65. The van der Waals surface area contributed by atoms with Crippen LogP contribution >= 0.6 is 0 Å². The van der Waals surface area contributed by atoms with Crippen molar-refractivity contribution in [3.63, 3.8) is 0 Å². The minimum absolute atomic E-state index is 0.0511. The molecule has 0 spiro atoms. The molecule has 4 rings (SSSR count).